The molecule has 0 aliphatic heterocycles. The van der Waals surface area contributed by atoms with Crippen molar-refractivity contribution < 1.29 is 9.47 Å². The van der Waals surface area contributed by atoms with Gasteiger partial charge in [-0.1, -0.05) is 6.92 Å². The molecular formula is C15H24N2O2. The Bertz CT molecular complexity index is 384. The van der Waals surface area contributed by atoms with E-state index in [-0.39, 0.29) is 6.10 Å². The maximum absolute atomic E-state index is 6.13. The minimum Gasteiger partial charge on any atom is -0.488 e. The molecule has 19 heavy (non-hydrogen) atoms. The second kappa shape index (κ2) is 7.46. The molecule has 0 aromatic carbocycles. The van der Waals surface area contributed by atoms with Crippen LogP contribution in [-0.4, -0.2) is 30.8 Å². The van der Waals surface area contributed by atoms with Gasteiger partial charge >= 0.3 is 0 Å². The molecule has 1 heterocycles. The fourth-order valence-corrected chi connectivity index (χ4v) is 2.52. The fourth-order valence-electron chi connectivity index (χ4n) is 2.52. The summed E-state index contributed by atoms with van der Waals surface area (Å²) in [7, 11) is 1.79. The van der Waals surface area contributed by atoms with E-state index in [1.54, 1.807) is 7.11 Å². The van der Waals surface area contributed by atoms with Crippen molar-refractivity contribution in [3.63, 3.8) is 0 Å². The minimum absolute atomic E-state index is 0.253. The third-order valence-corrected chi connectivity index (χ3v) is 3.64. The van der Waals surface area contributed by atoms with E-state index in [0.717, 1.165) is 38.1 Å². The highest BCUT2D eigenvalue weighted by Gasteiger charge is 2.23. The lowest BCUT2D eigenvalue weighted by Gasteiger charge is -2.29. The average Bonchev–Trinajstić information content (AvgIpc) is 2.46. The van der Waals surface area contributed by atoms with Crippen molar-refractivity contribution in [2.24, 2.45) is 0 Å². The molecule has 0 radical (unpaired) electrons. The zero-order chi connectivity index (χ0) is 13.5. The molecule has 1 aromatic rings. The lowest BCUT2D eigenvalue weighted by atomic mass is 9.95. The van der Waals surface area contributed by atoms with Crippen LogP contribution in [0.4, 0.5) is 0 Å². The molecule has 2 rings (SSSR count). The molecule has 0 amide bonds. The molecular weight excluding hydrogens is 240 g/mol. The lowest BCUT2D eigenvalue weighted by molar-refractivity contribution is 0.0205. The van der Waals surface area contributed by atoms with Gasteiger partial charge in [0.1, 0.15) is 11.9 Å². The van der Waals surface area contributed by atoms with Crippen LogP contribution >= 0.6 is 0 Å². The van der Waals surface area contributed by atoms with Crippen molar-refractivity contribution in [2.75, 3.05) is 13.7 Å². The highest BCUT2D eigenvalue weighted by molar-refractivity contribution is 5.30. The number of nitrogens with zero attached hydrogens (tertiary/aromatic N) is 1. The Hall–Kier alpha value is -1.13. The molecule has 0 saturated heterocycles. The first kappa shape index (κ1) is 14.3. The monoisotopic (exact) mass is 264 g/mol. The second-order valence-electron chi connectivity index (χ2n) is 5.03. The molecule has 0 spiro atoms. The molecule has 2 unspecified atom stereocenters. The number of ether oxygens (including phenoxy) is 2. The van der Waals surface area contributed by atoms with Gasteiger partial charge in [-0.15, -0.1) is 0 Å². The second-order valence-corrected chi connectivity index (χ2v) is 5.03. The van der Waals surface area contributed by atoms with Crippen LogP contribution in [0.25, 0.3) is 0 Å². The van der Waals surface area contributed by atoms with Crippen LogP contribution in [0.2, 0.25) is 0 Å². The first-order chi connectivity index (χ1) is 9.33. The third kappa shape index (κ3) is 4.18. The van der Waals surface area contributed by atoms with Gasteiger partial charge in [-0.2, -0.15) is 0 Å². The van der Waals surface area contributed by atoms with Gasteiger partial charge < -0.3 is 14.8 Å². The Morgan fingerprint density at radius 1 is 1.37 bits per heavy atom. The molecule has 2 atom stereocenters. The minimum atomic E-state index is 0.253. The molecule has 1 aliphatic rings. The van der Waals surface area contributed by atoms with Crippen LogP contribution in [0.5, 0.6) is 5.75 Å². The first-order valence-electron chi connectivity index (χ1n) is 7.16. The lowest BCUT2D eigenvalue weighted by Crippen LogP contribution is -2.30. The van der Waals surface area contributed by atoms with Gasteiger partial charge in [0.05, 0.1) is 12.3 Å². The van der Waals surface area contributed by atoms with Crippen molar-refractivity contribution in [3.05, 3.63) is 24.0 Å². The number of methoxy groups -OCH3 is 1. The fraction of sp³-hybridized carbons (Fsp3) is 0.667. The number of pyridine rings is 1. The Kier molecular flexibility index (Phi) is 5.61. The van der Waals surface area contributed by atoms with E-state index in [9.17, 15) is 0 Å². The Morgan fingerprint density at radius 3 is 3.00 bits per heavy atom. The maximum Gasteiger partial charge on any atom is 0.142 e. The van der Waals surface area contributed by atoms with Gasteiger partial charge in [0.2, 0.25) is 0 Å². The van der Waals surface area contributed by atoms with Crippen LogP contribution in [0.3, 0.4) is 0 Å². The first-order valence-corrected chi connectivity index (χ1v) is 7.16. The average molecular weight is 264 g/mol. The summed E-state index contributed by atoms with van der Waals surface area (Å²) in [6.45, 7) is 3.89. The predicted molar refractivity (Wildman–Crippen MR) is 75.3 cm³/mol. The van der Waals surface area contributed by atoms with Crippen LogP contribution in [0.1, 0.15) is 38.2 Å². The highest BCUT2D eigenvalue weighted by Crippen LogP contribution is 2.26. The van der Waals surface area contributed by atoms with E-state index in [1.165, 1.54) is 12.0 Å². The smallest absolute Gasteiger partial charge is 0.142 e. The Balaban J connectivity index is 1.97. The number of rotatable bonds is 6. The standard InChI is InChI=1S/C15H24N2O2/c1-3-16-10-12-7-8-17-11-15(12)19-14-6-4-5-13(9-14)18-2/h7-8,11,13-14,16H,3-6,9-10H2,1-2H3. The van der Waals surface area contributed by atoms with Gasteiger partial charge in [-0.25, -0.2) is 0 Å². The third-order valence-electron chi connectivity index (χ3n) is 3.64. The molecule has 4 nitrogen and oxygen atoms in total. The molecule has 106 valence electrons. The van der Waals surface area contributed by atoms with Crippen LogP contribution < -0.4 is 10.1 Å². The summed E-state index contributed by atoms with van der Waals surface area (Å²) in [4.78, 5) is 4.17. The molecule has 4 heteroatoms. The van der Waals surface area contributed by atoms with Gasteiger partial charge in [0.25, 0.3) is 0 Å². The summed E-state index contributed by atoms with van der Waals surface area (Å²) < 4.78 is 11.6. The summed E-state index contributed by atoms with van der Waals surface area (Å²) in [6, 6.07) is 2.02. The van der Waals surface area contributed by atoms with Crippen molar-refractivity contribution in [1.29, 1.82) is 0 Å². The number of nitrogens with one attached hydrogen (secondary N) is 1. The van der Waals surface area contributed by atoms with Crippen molar-refractivity contribution in [3.8, 4) is 5.75 Å². The van der Waals surface area contributed by atoms with E-state index < -0.39 is 0 Å². The van der Waals surface area contributed by atoms with Crippen LogP contribution in [0.15, 0.2) is 18.5 Å². The topological polar surface area (TPSA) is 43.4 Å². The van der Waals surface area contributed by atoms with Crippen LogP contribution in [-0.2, 0) is 11.3 Å². The number of aromatic nitrogens is 1. The van der Waals surface area contributed by atoms with E-state index in [0.29, 0.717) is 6.10 Å². The van der Waals surface area contributed by atoms with E-state index >= 15 is 0 Å². The van der Waals surface area contributed by atoms with Gasteiger partial charge in [0, 0.05) is 31.8 Å². The highest BCUT2D eigenvalue weighted by atomic mass is 16.5. The summed E-state index contributed by atoms with van der Waals surface area (Å²) in [6.07, 6.45) is 8.64. The molecule has 0 bridgehead atoms. The van der Waals surface area contributed by atoms with Gasteiger partial charge in [-0.3, -0.25) is 4.98 Å². The van der Waals surface area contributed by atoms with Crippen molar-refractivity contribution in [2.45, 2.75) is 51.4 Å². The zero-order valence-electron chi connectivity index (χ0n) is 11.9. The Labute approximate surface area is 115 Å². The summed E-state index contributed by atoms with van der Waals surface area (Å²) in [5, 5.41) is 3.33. The molecule has 1 saturated carbocycles. The van der Waals surface area contributed by atoms with E-state index in [1.807, 2.05) is 18.5 Å². The summed E-state index contributed by atoms with van der Waals surface area (Å²) >= 11 is 0. The molecule has 1 aromatic heterocycles. The maximum atomic E-state index is 6.13. The normalized spacial score (nSPS) is 23.3. The quantitative estimate of drug-likeness (QED) is 0.857. The summed E-state index contributed by atoms with van der Waals surface area (Å²) in [5.41, 5.74) is 1.18. The van der Waals surface area contributed by atoms with Crippen molar-refractivity contribution in [1.82, 2.24) is 10.3 Å². The largest absolute Gasteiger partial charge is 0.488 e. The van der Waals surface area contributed by atoms with E-state index in [4.69, 9.17) is 9.47 Å². The number of hydrogen-bond donors (Lipinski definition) is 1. The SMILES string of the molecule is CCNCc1ccncc1OC1CCCC(OC)C1. The zero-order valence-corrected chi connectivity index (χ0v) is 11.9. The Morgan fingerprint density at radius 2 is 2.21 bits per heavy atom. The predicted octanol–water partition coefficient (Wildman–Crippen LogP) is 2.53. The molecule has 1 aliphatic carbocycles. The van der Waals surface area contributed by atoms with Gasteiger partial charge in [-0.05, 0) is 31.9 Å². The number of hydrogen-bond acceptors (Lipinski definition) is 4. The van der Waals surface area contributed by atoms with E-state index in [2.05, 4.69) is 17.2 Å². The van der Waals surface area contributed by atoms with Crippen LogP contribution in [0, 0.1) is 0 Å². The van der Waals surface area contributed by atoms with Gasteiger partial charge in [0.15, 0.2) is 0 Å². The molecule has 1 fully saturated rings. The summed E-state index contributed by atoms with van der Waals surface area (Å²) in [5.74, 6) is 0.908. The van der Waals surface area contributed by atoms with Crippen molar-refractivity contribution >= 4 is 0 Å². The molecule has 1 N–H and O–H groups in total.